The Kier molecular flexibility index (Phi) is 5.67. The number of benzene rings is 2. The van der Waals surface area contributed by atoms with Crippen LogP contribution in [0.3, 0.4) is 0 Å². The number of aromatic nitrogens is 5. The molecule has 0 saturated heterocycles. The Bertz CT molecular complexity index is 1040. The van der Waals surface area contributed by atoms with Gasteiger partial charge in [0.05, 0.1) is 16.8 Å². The summed E-state index contributed by atoms with van der Waals surface area (Å²) in [6.45, 7) is 2.97. The molecule has 1 aliphatic carbocycles. The van der Waals surface area contributed by atoms with Crippen molar-refractivity contribution in [3.63, 3.8) is 0 Å². The van der Waals surface area contributed by atoms with Gasteiger partial charge in [0, 0.05) is 19.1 Å². The van der Waals surface area contributed by atoms with Gasteiger partial charge in [0.25, 0.3) is 5.19 Å². The van der Waals surface area contributed by atoms with Crippen LogP contribution in [0.4, 0.5) is 0 Å². The van der Waals surface area contributed by atoms with Gasteiger partial charge in [-0.1, -0.05) is 35.6 Å². The Labute approximate surface area is 179 Å². The van der Waals surface area contributed by atoms with E-state index in [-0.39, 0.29) is 0 Å². The molecule has 8 heteroatoms. The lowest BCUT2D eigenvalue weighted by Gasteiger charge is -2.21. The summed E-state index contributed by atoms with van der Waals surface area (Å²) in [5.41, 5.74) is 2.31. The zero-order chi connectivity index (χ0) is 20.2. The molecule has 154 valence electrons. The molecule has 0 unspecified atom stereocenters. The van der Waals surface area contributed by atoms with E-state index in [4.69, 9.17) is 4.74 Å². The average molecular weight is 421 g/mol. The third-order valence-corrected chi connectivity index (χ3v) is 6.26. The molecule has 4 aromatic rings. The largest absolute Gasteiger partial charge is 0.431 e. The molecule has 0 atom stereocenters. The number of thiazole rings is 1. The number of hydrogen-bond acceptors (Lipinski definition) is 7. The van der Waals surface area contributed by atoms with Gasteiger partial charge < -0.3 is 4.74 Å². The second-order valence-corrected chi connectivity index (χ2v) is 8.59. The number of fused-ring (bicyclic) bond motifs is 1. The number of hydrogen-bond donors (Lipinski definition) is 0. The summed E-state index contributed by atoms with van der Waals surface area (Å²) < 4.78 is 7.10. The van der Waals surface area contributed by atoms with Gasteiger partial charge in [0.15, 0.2) is 6.33 Å². The summed E-state index contributed by atoms with van der Waals surface area (Å²) in [5, 5.41) is 12.5. The number of tetrazole rings is 1. The number of para-hydroxylation sites is 1. The fraction of sp³-hybridized carbons (Fsp3) is 0.364. The van der Waals surface area contributed by atoms with Crippen LogP contribution in [0, 0.1) is 0 Å². The summed E-state index contributed by atoms with van der Waals surface area (Å²) in [6, 6.07) is 17.2. The van der Waals surface area contributed by atoms with E-state index in [1.165, 1.54) is 24.7 Å². The van der Waals surface area contributed by atoms with Crippen molar-refractivity contribution in [1.82, 2.24) is 30.1 Å². The topological polar surface area (TPSA) is 69.0 Å². The lowest BCUT2D eigenvalue weighted by Crippen LogP contribution is -2.30. The standard InChI is InChI=1S/C22H24N6OS/c1-2-5-21-20(4-1)25-22(30-21)29-19-10-6-17(7-11-19)12-15-27(18-8-9-18)13-3-14-28-24-16-23-26-28/h1-2,4-7,10-11,16,18H,3,8-9,12-15H2. The molecule has 0 radical (unpaired) electrons. The zero-order valence-electron chi connectivity index (χ0n) is 16.7. The third-order valence-electron chi connectivity index (χ3n) is 5.35. The van der Waals surface area contributed by atoms with E-state index in [1.807, 2.05) is 30.3 Å². The lowest BCUT2D eigenvalue weighted by molar-refractivity contribution is 0.254. The van der Waals surface area contributed by atoms with Gasteiger partial charge in [0.1, 0.15) is 5.75 Å². The first-order valence-corrected chi connectivity index (χ1v) is 11.2. The van der Waals surface area contributed by atoms with Crippen LogP contribution in [0.2, 0.25) is 0 Å². The molecular weight excluding hydrogens is 396 g/mol. The van der Waals surface area contributed by atoms with Gasteiger partial charge in [-0.2, -0.15) is 4.80 Å². The Balaban J connectivity index is 1.13. The molecule has 30 heavy (non-hydrogen) atoms. The highest BCUT2D eigenvalue weighted by molar-refractivity contribution is 7.20. The van der Waals surface area contributed by atoms with E-state index in [2.05, 4.69) is 43.5 Å². The van der Waals surface area contributed by atoms with Crippen LogP contribution in [0.5, 0.6) is 10.9 Å². The van der Waals surface area contributed by atoms with Crippen molar-refractivity contribution in [2.24, 2.45) is 0 Å². The number of ether oxygens (including phenoxy) is 1. The highest BCUT2D eigenvalue weighted by Crippen LogP contribution is 2.31. The molecule has 5 rings (SSSR count). The molecule has 0 spiro atoms. The summed E-state index contributed by atoms with van der Waals surface area (Å²) >= 11 is 1.57. The van der Waals surface area contributed by atoms with Gasteiger partial charge >= 0.3 is 0 Å². The average Bonchev–Trinajstić information content (AvgIpc) is 3.32. The molecule has 0 N–H and O–H groups in total. The predicted molar refractivity (Wildman–Crippen MR) is 117 cm³/mol. The first-order valence-electron chi connectivity index (χ1n) is 10.4. The third kappa shape index (κ3) is 4.83. The van der Waals surface area contributed by atoms with Crippen LogP contribution in [0.1, 0.15) is 24.8 Å². The van der Waals surface area contributed by atoms with Crippen LogP contribution in [0.25, 0.3) is 10.2 Å². The molecule has 0 aliphatic heterocycles. The highest BCUT2D eigenvalue weighted by Gasteiger charge is 2.28. The van der Waals surface area contributed by atoms with Crippen molar-refractivity contribution in [3.8, 4) is 10.9 Å². The summed E-state index contributed by atoms with van der Waals surface area (Å²) in [4.78, 5) is 8.80. The monoisotopic (exact) mass is 420 g/mol. The van der Waals surface area contributed by atoms with E-state index in [1.54, 1.807) is 16.1 Å². The van der Waals surface area contributed by atoms with Gasteiger partial charge in [-0.15, -0.1) is 10.2 Å². The van der Waals surface area contributed by atoms with Crippen LogP contribution >= 0.6 is 11.3 Å². The van der Waals surface area contributed by atoms with Crippen molar-refractivity contribution >= 4 is 21.6 Å². The van der Waals surface area contributed by atoms with Crippen molar-refractivity contribution in [1.29, 1.82) is 0 Å². The van der Waals surface area contributed by atoms with Gasteiger partial charge in [-0.25, -0.2) is 4.98 Å². The molecule has 2 heterocycles. The highest BCUT2D eigenvalue weighted by atomic mass is 32.1. The minimum Gasteiger partial charge on any atom is -0.431 e. The van der Waals surface area contributed by atoms with Crippen LogP contribution < -0.4 is 4.74 Å². The molecule has 7 nitrogen and oxygen atoms in total. The minimum atomic E-state index is 0.686. The molecule has 2 aromatic heterocycles. The maximum atomic E-state index is 5.96. The summed E-state index contributed by atoms with van der Waals surface area (Å²) in [5.74, 6) is 0.831. The van der Waals surface area contributed by atoms with Crippen LogP contribution in [-0.4, -0.2) is 49.2 Å². The van der Waals surface area contributed by atoms with E-state index in [0.717, 1.165) is 54.5 Å². The maximum absolute atomic E-state index is 5.96. The van der Waals surface area contributed by atoms with Crippen LogP contribution in [-0.2, 0) is 13.0 Å². The van der Waals surface area contributed by atoms with E-state index >= 15 is 0 Å². The predicted octanol–water partition coefficient (Wildman–Crippen LogP) is 4.17. The zero-order valence-corrected chi connectivity index (χ0v) is 17.5. The molecule has 1 aliphatic rings. The first-order chi connectivity index (χ1) is 14.8. The van der Waals surface area contributed by atoms with Crippen molar-refractivity contribution in [3.05, 3.63) is 60.4 Å². The van der Waals surface area contributed by atoms with Gasteiger partial charge in [0.2, 0.25) is 0 Å². The Hall–Kier alpha value is -2.84. The number of aryl methyl sites for hydroxylation is 1. The minimum absolute atomic E-state index is 0.686. The van der Waals surface area contributed by atoms with Gasteiger partial charge in [-0.05, 0) is 60.7 Å². The molecular formula is C22H24N6OS. The Morgan fingerprint density at radius 3 is 2.70 bits per heavy atom. The van der Waals surface area contributed by atoms with Crippen LogP contribution in [0.15, 0.2) is 54.9 Å². The lowest BCUT2D eigenvalue weighted by atomic mass is 10.1. The molecule has 1 saturated carbocycles. The quantitative estimate of drug-likeness (QED) is 0.383. The Morgan fingerprint density at radius 1 is 1.07 bits per heavy atom. The van der Waals surface area contributed by atoms with Crippen molar-refractivity contribution < 1.29 is 4.74 Å². The second-order valence-electron chi connectivity index (χ2n) is 7.60. The number of rotatable bonds is 10. The molecule has 2 aromatic carbocycles. The smallest absolute Gasteiger partial charge is 0.279 e. The normalized spacial score (nSPS) is 13.9. The molecule has 1 fully saturated rings. The fourth-order valence-corrected chi connectivity index (χ4v) is 4.45. The van der Waals surface area contributed by atoms with E-state index in [9.17, 15) is 0 Å². The van der Waals surface area contributed by atoms with E-state index in [0.29, 0.717) is 5.19 Å². The second kappa shape index (κ2) is 8.89. The number of nitrogens with zero attached hydrogens (tertiary/aromatic N) is 6. The molecule has 0 bridgehead atoms. The SMILES string of the molecule is c1ccc2sc(Oc3ccc(CCN(CCCn4ncnn4)C4CC4)cc3)nc2c1. The van der Waals surface area contributed by atoms with E-state index < -0.39 is 0 Å². The van der Waals surface area contributed by atoms with Gasteiger partial charge in [-0.3, -0.25) is 4.90 Å². The molecule has 0 amide bonds. The van der Waals surface area contributed by atoms with Crippen molar-refractivity contribution in [2.45, 2.75) is 38.3 Å². The first kappa shape index (κ1) is 19.1. The maximum Gasteiger partial charge on any atom is 0.279 e. The van der Waals surface area contributed by atoms with Crippen molar-refractivity contribution in [2.75, 3.05) is 13.1 Å². The Morgan fingerprint density at radius 2 is 1.93 bits per heavy atom. The fourth-order valence-electron chi connectivity index (χ4n) is 3.62. The summed E-state index contributed by atoms with van der Waals surface area (Å²) in [6.07, 6.45) is 6.21. The summed E-state index contributed by atoms with van der Waals surface area (Å²) in [7, 11) is 0.